The van der Waals surface area contributed by atoms with Crippen molar-refractivity contribution in [3.63, 3.8) is 0 Å². The molecule has 0 atom stereocenters. The molecular formula is C64H44N2. The Morgan fingerprint density at radius 1 is 0.258 bits per heavy atom. The lowest BCUT2D eigenvalue weighted by Crippen LogP contribution is -2.11. The van der Waals surface area contributed by atoms with Gasteiger partial charge in [-0.25, -0.2) is 0 Å². The second-order valence-corrected chi connectivity index (χ2v) is 16.9. The summed E-state index contributed by atoms with van der Waals surface area (Å²) in [7, 11) is 0. The van der Waals surface area contributed by atoms with Crippen molar-refractivity contribution in [2.45, 2.75) is 0 Å². The Morgan fingerprint density at radius 3 is 1.41 bits per heavy atom. The zero-order valence-corrected chi connectivity index (χ0v) is 36.3. The van der Waals surface area contributed by atoms with Crippen LogP contribution in [0, 0.1) is 0 Å². The summed E-state index contributed by atoms with van der Waals surface area (Å²) in [4.78, 5) is 2.42. The molecular weight excluding hydrogens is 797 g/mol. The van der Waals surface area contributed by atoms with Crippen molar-refractivity contribution in [1.29, 1.82) is 0 Å². The molecule has 0 saturated heterocycles. The third-order valence-electron chi connectivity index (χ3n) is 13.0. The first-order valence-electron chi connectivity index (χ1n) is 22.7. The lowest BCUT2D eigenvalue weighted by atomic mass is 9.95. The van der Waals surface area contributed by atoms with E-state index in [1.165, 1.54) is 82.6 Å². The largest absolute Gasteiger partial charge is 0.310 e. The average molecular weight is 841 g/mol. The van der Waals surface area contributed by atoms with E-state index in [0.717, 1.165) is 28.3 Å². The molecule has 310 valence electrons. The molecule has 0 aliphatic carbocycles. The van der Waals surface area contributed by atoms with E-state index < -0.39 is 0 Å². The van der Waals surface area contributed by atoms with Crippen LogP contribution >= 0.6 is 0 Å². The van der Waals surface area contributed by atoms with Crippen LogP contribution in [0.2, 0.25) is 0 Å². The van der Waals surface area contributed by atoms with Gasteiger partial charge < -0.3 is 9.47 Å². The fourth-order valence-corrected chi connectivity index (χ4v) is 9.91. The van der Waals surface area contributed by atoms with Crippen LogP contribution in [0.25, 0.3) is 93.9 Å². The zero-order valence-electron chi connectivity index (χ0n) is 36.3. The van der Waals surface area contributed by atoms with Crippen molar-refractivity contribution in [2.75, 3.05) is 4.90 Å². The molecule has 1 aromatic heterocycles. The minimum absolute atomic E-state index is 1.08. The molecule has 0 saturated carbocycles. The summed E-state index contributed by atoms with van der Waals surface area (Å²) in [5.74, 6) is 0. The molecule has 0 spiro atoms. The van der Waals surface area contributed by atoms with Gasteiger partial charge in [-0.1, -0.05) is 218 Å². The van der Waals surface area contributed by atoms with Crippen LogP contribution in [-0.4, -0.2) is 4.57 Å². The second kappa shape index (κ2) is 16.8. The monoisotopic (exact) mass is 840 g/mol. The summed E-state index contributed by atoms with van der Waals surface area (Å²) in [6.45, 7) is 0. The Labute approximate surface area is 385 Å². The van der Waals surface area contributed by atoms with E-state index in [1.807, 2.05) is 0 Å². The Balaban J connectivity index is 0.992. The maximum Gasteiger partial charge on any atom is 0.0547 e. The molecule has 0 aliphatic rings. The first-order valence-corrected chi connectivity index (χ1v) is 22.7. The van der Waals surface area contributed by atoms with Crippen LogP contribution < -0.4 is 4.90 Å². The zero-order chi connectivity index (χ0) is 43.8. The minimum Gasteiger partial charge on any atom is -0.310 e. The Kier molecular flexibility index (Phi) is 9.89. The fraction of sp³-hybridized carbons (Fsp3) is 0. The van der Waals surface area contributed by atoms with E-state index in [4.69, 9.17) is 0 Å². The molecule has 2 heteroatoms. The molecule has 0 aliphatic heterocycles. The van der Waals surface area contributed by atoms with Crippen LogP contribution in [0.4, 0.5) is 17.1 Å². The third-order valence-corrected chi connectivity index (χ3v) is 13.0. The van der Waals surface area contributed by atoms with E-state index in [1.54, 1.807) is 0 Å². The predicted octanol–water partition coefficient (Wildman–Crippen LogP) is 17.7. The number of nitrogens with zero attached hydrogens (tertiary/aromatic N) is 2. The molecule has 0 fully saturated rings. The molecule has 12 aromatic rings. The number of benzene rings is 11. The van der Waals surface area contributed by atoms with Crippen LogP contribution in [-0.2, 0) is 0 Å². The highest BCUT2D eigenvalue weighted by Crippen LogP contribution is 2.46. The molecule has 0 amide bonds. The van der Waals surface area contributed by atoms with Crippen LogP contribution in [0.5, 0.6) is 0 Å². The highest BCUT2D eigenvalue weighted by atomic mass is 15.1. The highest BCUT2D eigenvalue weighted by molar-refractivity contribution is 6.17. The predicted molar refractivity (Wildman–Crippen MR) is 280 cm³/mol. The number of hydrogen-bond donors (Lipinski definition) is 0. The molecule has 11 aromatic carbocycles. The van der Waals surface area contributed by atoms with Gasteiger partial charge in [0.1, 0.15) is 0 Å². The highest BCUT2D eigenvalue weighted by Gasteiger charge is 2.22. The standard InChI is InChI=1S/C64H44N2/c1-3-17-45(18-4-1)47-37-41-52(42-38-47)65(53-43-39-48(40-44-53)46-33-35-51(36-34-46)55-27-15-22-49-21-7-8-23-54(49)55)61-30-13-10-25-57(61)58-28-16-32-63-64(58)59-26-11-14-31-62(59)66(63)60-29-12-9-24-56(60)50-19-5-2-6-20-50/h1-44H. The summed E-state index contributed by atoms with van der Waals surface area (Å²) in [5, 5.41) is 4.97. The topological polar surface area (TPSA) is 8.17 Å². The van der Waals surface area contributed by atoms with E-state index in [-0.39, 0.29) is 0 Å². The molecule has 2 nitrogen and oxygen atoms in total. The van der Waals surface area contributed by atoms with E-state index in [9.17, 15) is 0 Å². The van der Waals surface area contributed by atoms with Gasteiger partial charge in [0, 0.05) is 33.3 Å². The lowest BCUT2D eigenvalue weighted by molar-refractivity contribution is 1.18. The van der Waals surface area contributed by atoms with E-state index in [0.29, 0.717) is 0 Å². The Morgan fingerprint density at radius 2 is 0.697 bits per heavy atom. The molecule has 0 N–H and O–H groups in total. The van der Waals surface area contributed by atoms with Gasteiger partial charge in [0.15, 0.2) is 0 Å². The van der Waals surface area contributed by atoms with Crippen molar-refractivity contribution in [3.05, 3.63) is 267 Å². The van der Waals surface area contributed by atoms with Crippen molar-refractivity contribution in [1.82, 2.24) is 4.57 Å². The Hall–Kier alpha value is -8.72. The number of fused-ring (bicyclic) bond motifs is 4. The van der Waals surface area contributed by atoms with Crippen molar-refractivity contribution >= 4 is 49.6 Å². The Bertz CT molecular complexity index is 3660. The number of hydrogen-bond acceptors (Lipinski definition) is 1. The number of rotatable bonds is 9. The SMILES string of the molecule is c1ccc(-c2ccc(N(c3ccc(-c4ccc(-c5cccc6ccccc56)cc4)cc3)c3ccccc3-c3cccc4c3c3ccccc3n4-c3ccccc3-c3ccccc3)cc2)cc1. The van der Waals surface area contributed by atoms with E-state index in [2.05, 4.69) is 276 Å². The summed E-state index contributed by atoms with van der Waals surface area (Å²) in [5.41, 5.74) is 18.7. The van der Waals surface area contributed by atoms with Gasteiger partial charge in [0.25, 0.3) is 0 Å². The quantitative estimate of drug-likeness (QED) is 0.141. The van der Waals surface area contributed by atoms with Gasteiger partial charge in [0.05, 0.1) is 22.4 Å². The number of aromatic nitrogens is 1. The molecule has 0 radical (unpaired) electrons. The summed E-state index contributed by atoms with van der Waals surface area (Å²) in [6.07, 6.45) is 0. The van der Waals surface area contributed by atoms with Crippen molar-refractivity contribution < 1.29 is 0 Å². The maximum absolute atomic E-state index is 2.45. The number of anilines is 3. The molecule has 0 unspecified atom stereocenters. The average Bonchev–Trinajstić information content (AvgIpc) is 3.74. The molecule has 0 bridgehead atoms. The molecule has 12 rings (SSSR count). The first kappa shape index (κ1) is 38.9. The van der Waals surface area contributed by atoms with Crippen LogP contribution in [0.15, 0.2) is 267 Å². The summed E-state index contributed by atoms with van der Waals surface area (Å²) < 4.78 is 2.45. The second-order valence-electron chi connectivity index (χ2n) is 16.9. The van der Waals surface area contributed by atoms with Crippen LogP contribution in [0.3, 0.4) is 0 Å². The third kappa shape index (κ3) is 6.93. The minimum atomic E-state index is 1.08. The van der Waals surface area contributed by atoms with Gasteiger partial charge in [0.2, 0.25) is 0 Å². The van der Waals surface area contributed by atoms with Crippen molar-refractivity contribution in [3.8, 4) is 61.3 Å². The number of para-hydroxylation sites is 3. The normalized spacial score (nSPS) is 11.3. The van der Waals surface area contributed by atoms with Gasteiger partial charge in [-0.05, 0) is 104 Å². The summed E-state index contributed by atoms with van der Waals surface area (Å²) in [6, 6.07) is 96.8. The lowest BCUT2D eigenvalue weighted by Gasteiger charge is -2.28. The van der Waals surface area contributed by atoms with Crippen molar-refractivity contribution in [2.24, 2.45) is 0 Å². The van der Waals surface area contributed by atoms with Crippen LogP contribution in [0.1, 0.15) is 0 Å². The van der Waals surface area contributed by atoms with Gasteiger partial charge in [-0.15, -0.1) is 0 Å². The maximum atomic E-state index is 2.45. The molecule has 1 heterocycles. The van der Waals surface area contributed by atoms with Gasteiger partial charge in [-0.2, -0.15) is 0 Å². The van der Waals surface area contributed by atoms with E-state index >= 15 is 0 Å². The van der Waals surface area contributed by atoms with Gasteiger partial charge in [-0.3, -0.25) is 0 Å². The molecule has 66 heavy (non-hydrogen) atoms. The fourth-order valence-electron chi connectivity index (χ4n) is 9.91. The smallest absolute Gasteiger partial charge is 0.0547 e. The first-order chi connectivity index (χ1) is 32.8. The summed E-state index contributed by atoms with van der Waals surface area (Å²) >= 11 is 0. The van der Waals surface area contributed by atoms with Gasteiger partial charge >= 0.3 is 0 Å².